The minimum atomic E-state index is 0.460. The van der Waals surface area contributed by atoms with Crippen LogP contribution >= 0.6 is 0 Å². The molecule has 0 atom stereocenters. The number of rotatable bonds is 9. The van der Waals surface area contributed by atoms with E-state index in [-0.39, 0.29) is 0 Å². The van der Waals surface area contributed by atoms with E-state index in [1.165, 1.54) is 38.5 Å². The first-order valence-electron chi connectivity index (χ1n) is 13.2. The lowest BCUT2D eigenvalue weighted by Crippen LogP contribution is -2.34. The quantitative estimate of drug-likeness (QED) is 0.328. The Hall–Kier alpha value is -3.88. The SMILES string of the molecule is COc1cc(C=NNc2nc(N3CCCCC3)nc(N3CCCCC3)n2)ccc1OCc1ccccc1. The average molecular weight is 502 g/mol. The maximum Gasteiger partial charge on any atom is 0.250 e. The summed E-state index contributed by atoms with van der Waals surface area (Å²) >= 11 is 0. The molecule has 0 bridgehead atoms. The molecule has 0 unspecified atom stereocenters. The maximum atomic E-state index is 5.96. The van der Waals surface area contributed by atoms with Gasteiger partial charge in [0.2, 0.25) is 17.8 Å². The van der Waals surface area contributed by atoms with Crippen LogP contribution in [0.3, 0.4) is 0 Å². The van der Waals surface area contributed by atoms with Gasteiger partial charge in [-0.25, -0.2) is 5.43 Å². The summed E-state index contributed by atoms with van der Waals surface area (Å²) in [5.41, 5.74) is 5.01. The summed E-state index contributed by atoms with van der Waals surface area (Å²) in [7, 11) is 1.64. The van der Waals surface area contributed by atoms with Crippen molar-refractivity contribution >= 4 is 24.1 Å². The number of hydrogen-bond donors (Lipinski definition) is 1. The summed E-state index contributed by atoms with van der Waals surface area (Å²) in [4.78, 5) is 18.7. The molecule has 0 spiro atoms. The van der Waals surface area contributed by atoms with Crippen molar-refractivity contribution in [1.29, 1.82) is 0 Å². The van der Waals surface area contributed by atoms with Crippen molar-refractivity contribution in [3.05, 3.63) is 59.7 Å². The Morgan fingerprint density at radius 3 is 2.08 bits per heavy atom. The van der Waals surface area contributed by atoms with E-state index in [1.807, 2.05) is 48.5 Å². The molecule has 1 N–H and O–H groups in total. The van der Waals surface area contributed by atoms with Gasteiger partial charge in [-0.3, -0.25) is 0 Å². The first kappa shape index (κ1) is 24.8. The molecule has 2 aliphatic rings. The van der Waals surface area contributed by atoms with E-state index < -0.39 is 0 Å². The molecule has 9 heteroatoms. The normalized spacial score (nSPS) is 16.1. The van der Waals surface area contributed by atoms with Gasteiger partial charge >= 0.3 is 0 Å². The first-order valence-corrected chi connectivity index (χ1v) is 13.2. The molecule has 3 aromatic rings. The van der Waals surface area contributed by atoms with Gasteiger partial charge in [-0.05, 0) is 67.9 Å². The van der Waals surface area contributed by atoms with Gasteiger partial charge in [0.1, 0.15) is 6.61 Å². The van der Waals surface area contributed by atoms with Crippen molar-refractivity contribution in [2.75, 3.05) is 48.5 Å². The standard InChI is InChI=1S/C28H35N7O2/c1-36-25-19-23(13-14-24(25)37-21-22-11-5-2-6-12-22)20-29-33-26-30-27(34-15-7-3-8-16-34)32-28(31-26)35-17-9-4-10-18-35/h2,5-6,11-14,19-20H,3-4,7-10,15-18,21H2,1H3,(H,30,31,32,33). The third-order valence-corrected chi connectivity index (χ3v) is 6.69. The third-order valence-electron chi connectivity index (χ3n) is 6.69. The van der Waals surface area contributed by atoms with E-state index >= 15 is 0 Å². The van der Waals surface area contributed by atoms with Gasteiger partial charge in [-0.15, -0.1) is 0 Å². The number of benzene rings is 2. The predicted molar refractivity (Wildman–Crippen MR) is 147 cm³/mol. The molecule has 2 aromatic carbocycles. The number of nitrogens with zero attached hydrogens (tertiary/aromatic N) is 6. The van der Waals surface area contributed by atoms with Crippen LogP contribution in [0.4, 0.5) is 17.8 Å². The van der Waals surface area contributed by atoms with Crippen LogP contribution in [0.25, 0.3) is 0 Å². The fraction of sp³-hybridized carbons (Fsp3) is 0.429. The minimum absolute atomic E-state index is 0.460. The highest BCUT2D eigenvalue weighted by Gasteiger charge is 2.20. The zero-order valence-corrected chi connectivity index (χ0v) is 21.5. The molecular weight excluding hydrogens is 466 g/mol. The van der Waals surface area contributed by atoms with Gasteiger partial charge < -0.3 is 19.3 Å². The highest BCUT2D eigenvalue weighted by atomic mass is 16.5. The molecule has 5 rings (SSSR count). The Balaban J connectivity index is 1.29. The van der Waals surface area contributed by atoms with Gasteiger partial charge in [-0.1, -0.05) is 30.3 Å². The highest BCUT2D eigenvalue weighted by Crippen LogP contribution is 2.28. The summed E-state index contributed by atoms with van der Waals surface area (Å²) in [5.74, 6) is 3.26. The van der Waals surface area contributed by atoms with E-state index in [1.54, 1.807) is 13.3 Å². The highest BCUT2D eigenvalue weighted by molar-refractivity contribution is 5.81. The largest absolute Gasteiger partial charge is 0.493 e. The number of methoxy groups -OCH3 is 1. The van der Waals surface area contributed by atoms with Gasteiger partial charge in [0.05, 0.1) is 13.3 Å². The van der Waals surface area contributed by atoms with Crippen molar-refractivity contribution in [3.8, 4) is 11.5 Å². The molecule has 0 aliphatic carbocycles. The fourth-order valence-electron chi connectivity index (χ4n) is 4.66. The van der Waals surface area contributed by atoms with Gasteiger partial charge in [0.15, 0.2) is 11.5 Å². The minimum Gasteiger partial charge on any atom is -0.493 e. The molecular formula is C28H35N7O2. The van der Waals surface area contributed by atoms with Crippen LogP contribution < -0.4 is 24.7 Å². The van der Waals surface area contributed by atoms with Crippen LogP contribution in [-0.2, 0) is 6.61 Å². The van der Waals surface area contributed by atoms with E-state index in [2.05, 4.69) is 20.3 Å². The molecule has 2 aliphatic heterocycles. The number of nitrogens with one attached hydrogen (secondary N) is 1. The molecule has 2 fully saturated rings. The molecule has 0 saturated carbocycles. The van der Waals surface area contributed by atoms with Crippen molar-refractivity contribution in [3.63, 3.8) is 0 Å². The Kier molecular flexibility index (Phi) is 8.30. The van der Waals surface area contributed by atoms with Crippen molar-refractivity contribution < 1.29 is 9.47 Å². The van der Waals surface area contributed by atoms with Gasteiger partial charge in [0.25, 0.3) is 0 Å². The Morgan fingerprint density at radius 1 is 0.811 bits per heavy atom. The number of aromatic nitrogens is 3. The molecule has 194 valence electrons. The van der Waals surface area contributed by atoms with E-state index in [9.17, 15) is 0 Å². The summed E-state index contributed by atoms with van der Waals surface area (Å²) < 4.78 is 11.5. The Labute approximate surface area is 218 Å². The molecule has 9 nitrogen and oxygen atoms in total. The van der Waals surface area contributed by atoms with Crippen LogP contribution in [0.15, 0.2) is 53.6 Å². The zero-order chi connectivity index (χ0) is 25.3. The summed E-state index contributed by atoms with van der Waals surface area (Å²) in [6, 6.07) is 15.8. The average Bonchev–Trinajstić information content (AvgIpc) is 2.97. The fourth-order valence-corrected chi connectivity index (χ4v) is 4.66. The second-order valence-electron chi connectivity index (χ2n) is 9.41. The van der Waals surface area contributed by atoms with E-state index in [0.29, 0.717) is 24.1 Å². The number of piperidine rings is 2. The van der Waals surface area contributed by atoms with Crippen LogP contribution in [-0.4, -0.2) is 54.5 Å². The number of hydrogen-bond acceptors (Lipinski definition) is 9. The summed E-state index contributed by atoms with van der Waals surface area (Å²) in [6.07, 6.45) is 8.91. The molecule has 0 amide bonds. The molecule has 1 aromatic heterocycles. The second-order valence-corrected chi connectivity index (χ2v) is 9.41. The molecule has 37 heavy (non-hydrogen) atoms. The van der Waals surface area contributed by atoms with Gasteiger partial charge in [0, 0.05) is 26.2 Å². The van der Waals surface area contributed by atoms with E-state index in [0.717, 1.165) is 49.2 Å². The monoisotopic (exact) mass is 501 g/mol. The van der Waals surface area contributed by atoms with Crippen LogP contribution in [0.1, 0.15) is 49.7 Å². The number of anilines is 3. The lowest BCUT2D eigenvalue weighted by molar-refractivity contribution is 0.284. The summed E-state index contributed by atoms with van der Waals surface area (Å²) in [5, 5.41) is 4.42. The predicted octanol–water partition coefficient (Wildman–Crippen LogP) is 4.89. The number of ether oxygens (including phenoxy) is 2. The maximum absolute atomic E-state index is 5.96. The van der Waals surface area contributed by atoms with Crippen LogP contribution in [0.2, 0.25) is 0 Å². The van der Waals surface area contributed by atoms with Crippen LogP contribution in [0, 0.1) is 0 Å². The molecule has 3 heterocycles. The molecule has 0 radical (unpaired) electrons. The summed E-state index contributed by atoms with van der Waals surface area (Å²) in [6.45, 7) is 4.38. The van der Waals surface area contributed by atoms with Crippen molar-refractivity contribution in [2.45, 2.75) is 45.1 Å². The lowest BCUT2D eigenvalue weighted by atomic mass is 10.1. The lowest BCUT2D eigenvalue weighted by Gasteiger charge is -2.30. The number of hydrazone groups is 1. The van der Waals surface area contributed by atoms with E-state index in [4.69, 9.17) is 24.4 Å². The Morgan fingerprint density at radius 2 is 1.46 bits per heavy atom. The molecule has 2 saturated heterocycles. The third kappa shape index (κ3) is 6.67. The van der Waals surface area contributed by atoms with Crippen LogP contribution in [0.5, 0.6) is 11.5 Å². The Bertz CT molecular complexity index is 1140. The van der Waals surface area contributed by atoms with Crippen molar-refractivity contribution in [2.24, 2.45) is 5.10 Å². The van der Waals surface area contributed by atoms with Gasteiger partial charge in [-0.2, -0.15) is 20.1 Å². The first-order chi connectivity index (χ1) is 18.3. The smallest absolute Gasteiger partial charge is 0.250 e. The topological polar surface area (TPSA) is 88.0 Å². The second kappa shape index (κ2) is 12.4. The van der Waals surface area contributed by atoms with Crippen molar-refractivity contribution in [1.82, 2.24) is 15.0 Å². The zero-order valence-electron chi connectivity index (χ0n) is 21.5.